The van der Waals surface area contributed by atoms with Crippen LogP contribution in [0, 0.1) is 11.8 Å². The van der Waals surface area contributed by atoms with E-state index >= 15 is 0 Å². The van der Waals surface area contributed by atoms with Crippen LogP contribution in [0.3, 0.4) is 0 Å². The van der Waals surface area contributed by atoms with Crippen molar-refractivity contribution in [2.24, 2.45) is 0 Å². The second-order valence-electron chi connectivity index (χ2n) is 8.33. The smallest absolute Gasteiger partial charge is 0.307 e. The first kappa shape index (κ1) is 19.2. The number of benzene rings is 1. The first-order chi connectivity index (χ1) is 12.9. The number of hydrogen-bond donors (Lipinski definition) is 0. The molecule has 4 heteroatoms. The van der Waals surface area contributed by atoms with Gasteiger partial charge in [0.15, 0.2) is 0 Å². The number of aromatic nitrogens is 2. The molecular formula is C23H28N2O2. The molecule has 1 aromatic heterocycles. The number of hydrogen-bond acceptors (Lipinski definition) is 3. The molecule has 142 valence electrons. The van der Waals surface area contributed by atoms with Gasteiger partial charge in [-0.1, -0.05) is 36.8 Å². The van der Waals surface area contributed by atoms with E-state index in [1.165, 1.54) is 5.56 Å². The molecule has 0 spiro atoms. The summed E-state index contributed by atoms with van der Waals surface area (Å²) in [6.45, 7) is 6.34. The zero-order valence-electron chi connectivity index (χ0n) is 16.5. The van der Waals surface area contributed by atoms with Crippen LogP contribution in [0.25, 0.3) is 0 Å². The van der Waals surface area contributed by atoms with Crippen molar-refractivity contribution in [1.82, 2.24) is 9.78 Å². The Hall–Kier alpha value is -2.54. The highest BCUT2D eigenvalue weighted by Crippen LogP contribution is 2.44. The van der Waals surface area contributed by atoms with Crippen molar-refractivity contribution in [2.75, 3.05) is 0 Å². The van der Waals surface area contributed by atoms with E-state index in [0.29, 0.717) is 13.0 Å². The van der Waals surface area contributed by atoms with Gasteiger partial charge in [-0.25, -0.2) is 0 Å². The molecule has 0 atom stereocenters. The Morgan fingerprint density at radius 1 is 1.22 bits per heavy atom. The van der Waals surface area contributed by atoms with Crippen LogP contribution in [0.4, 0.5) is 0 Å². The summed E-state index contributed by atoms with van der Waals surface area (Å²) in [5.74, 6) is 6.22. The van der Waals surface area contributed by atoms with Crippen LogP contribution >= 0.6 is 0 Å². The quantitative estimate of drug-likeness (QED) is 0.593. The minimum Gasteiger partial charge on any atom is -0.460 e. The van der Waals surface area contributed by atoms with E-state index in [-0.39, 0.29) is 11.4 Å². The predicted molar refractivity (Wildman–Crippen MR) is 106 cm³/mol. The van der Waals surface area contributed by atoms with E-state index in [1.54, 1.807) is 10.9 Å². The Bertz CT molecular complexity index is 812. The fraction of sp³-hybridized carbons (Fsp3) is 0.478. The number of nitrogens with zero attached hydrogens (tertiary/aromatic N) is 2. The first-order valence-electron chi connectivity index (χ1n) is 9.65. The lowest BCUT2D eigenvalue weighted by atomic mass is 9.76. The lowest BCUT2D eigenvalue weighted by Gasteiger charge is -2.30. The molecule has 0 radical (unpaired) electrons. The van der Waals surface area contributed by atoms with Gasteiger partial charge in [0, 0.05) is 23.4 Å². The van der Waals surface area contributed by atoms with E-state index in [0.717, 1.165) is 31.2 Å². The van der Waals surface area contributed by atoms with Crippen molar-refractivity contribution in [3.8, 4) is 11.8 Å². The van der Waals surface area contributed by atoms with Gasteiger partial charge < -0.3 is 4.74 Å². The second kappa shape index (κ2) is 8.00. The Kier molecular flexibility index (Phi) is 5.70. The number of carbonyl (C=O) groups excluding carboxylic acids is 1. The third-order valence-electron chi connectivity index (χ3n) is 4.99. The summed E-state index contributed by atoms with van der Waals surface area (Å²) in [6.07, 6.45) is 8.50. The van der Waals surface area contributed by atoms with Gasteiger partial charge in [0.2, 0.25) is 0 Å². The van der Waals surface area contributed by atoms with E-state index in [1.807, 2.05) is 33.0 Å². The molecule has 0 saturated heterocycles. The van der Waals surface area contributed by atoms with Crippen molar-refractivity contribution < 1.29 is 9.53 Å². The van der Waals surface area contributed by atoms with Gasteiger partial charge in [0.25, 0.3) is 0 Å². The molecule has 0 aliphatic heterocycles. The fourth-order valence-electron chi connectivity index (χ4n) is 3.80. The van der Waals surface area contributed by atoms with Crippen molar-refractivity contribution in [2.45, 2.75) is 70.4 Å². The van der Waals surface area contributed by atoms with Crippen LogP contribution in [-0.4, -0.2) is 21.4 Å². The van der Waals surface area contributed by atoms with Gasteiger partial charge in [0.1, 0.15) is 12.1 Å². The van der Waals surface area contributed by atoms with Gasteiger partial charge in [-0.05, 0) is 57.4 Å². The molecule has 1 aliphatic rings. The summed E-state index contributed by atoms with van der Waals surface area (Å²) >= 11 is 0. The average Bonchev–Trinajstić information content (AvgIpc) is 3.26. The van der Waals surface area contributed by atoms with E-state index in [4.69, 9.17) is 4.74 Å². The maximum atomic E-state index is 12.5. The maximum absolute atomic E-state index is 12.5. The van der Waals surface area contributed by atoms with Crippen molar-refractivity contribution in [3.05, 3.63) is 53.9 Å². The molecule has 1 heterocycles. The minimum absolute atomic E-state index is 0.0939. The zero-order chi connectivity index (χ0) is 19.3. The van der Waals surface area contributed by atoms with Gasteiger partial charge >= 0.3 is 5.97 Å². The largest absolute Gasteiger partial charge is 0.460 e. The van der Waals surface area contributed by atoms with Gasteiger partial charge in [-0.3, -0.25) is 9.48 Å². The van der Waals surface area contributed by atoms with Crippen LogP contribution < -0.4 is 0 Å². The molecule has 0 bridgehead atoms. The van der Waals surface area contributed by atoms with Crippen molar-refractivity contribution in [1.29, 1.82) is 0 Å². The standard InChI is InChI=1S/C23H28N2O2/c1-22(2,3)27-21(26)18-23(13-4-5-14-23)20-11-9-19(10-12-20)8-6-16-25-17-7-15-24-25/h7,9-12,15,17H,4-5,13-14,16,18H2,1-3H3. The monoisotopic (exact) mass is 364 g/mol. The maximum Gasteiger partial charge on any atom is 0.307 e. The lowest BCUT2D eigenvalue weighted by molar-refractivity contribution is -0.156. The van der Waals surface area contributed by atoms with Gasteiger partial charge in [0.05, 0.1) is 6.42 Å². The van der Waals surface area contributed by atoms with E-state index < -0.39 is 5.60 Å². The summed E-state index contributed by atoms with van der Waals surface area (Å²) < 4.78 is 7.39. The average molecular weight is 364 g/mol. The Morgan fingerprint density at radius 2 is 1.93 bits per heavy atom. The van der Waals surface area contributed by atoms with Crippen molar-refractivity contribution in [3.63, 3.8) is 0 Å². The summed E-state index contributed by atoms with van der Waals surface area (Å²) in [7, 11) is 0. The zero-order valence-corrected chi connectivity index (χ0v) is 16.5. The molecule has 4 nitrogen and oxygen atoms in total. The summed E-state index contributed by atoms with van der Waals surface area (Å²) in [6, 6.07) is 10.3. The van der Waals surface area contributed by atoms with Crippen LogP contribution in [-0.2, 0) is 21.5 Å². The van der Waals surface area contributed by atoms with Crippen LogP contribution in [0.1, 0.15) is 64.0 Å². The molecule has 3 rings (SSSR count). The predicted octanol–water partition coefficient (Wildman–Crippen LogP) is 4.48. The molecule has 2 aromatic rings. The molecule has 0 amide bonds. The fourth-order valence-corrected chi connectivity index (χ4v) is 3.80. The number of esters is 1. The molecule has 0 unspecified atom stereocenters. The Morgan fingerprint density at radius 3 is 2.52 bits per heavy atom. The van der Waals surface area contributed by atoms with E-state index in [9.17, 15) is 4.79 Å². The third kappa shape index (κ3) is 5.23. The molecule has 1 saturated carbocycles. The number of ether oxygens (including phenoxy) is 1. The lowest BCUT2D eigenvalue weighted by Crippen LogP contribution is -2.31. The summed E-state index contributed by atoms with van der Waals surface area (Å²) in [5.41, 5.74) is 1.67. The SMILES string of the molecule is CC(C)(C)OC(=O)CC1(c2ccc(C#CCn3cccn3)cc2)CCCC1. The highest BCUT2D eigenvalue weighted by Gasteiger charge is 2.38. The van der Waals surface area contributed by atoms with Crippen LogP contribution in [0.5, 0.6) is 0 Å². The highest BCUT2D eigenvalue weighted by molar-refractivity contribution is 5.72. The summed E-state index contributed by atoms with van der Waals surface area (Å²) in [5, 5.41) is 4.15. The molecule has 27 heavy (non-hydrogen) atoms. The van der Waals surface area contributed by atoms with E-state index in [2.05, 4.69) is 41.2 Å². The van der Waals surface area contributed by atoms with Gasteiger partial charge in [-0.2, -0.15) is 5.10 Å². The first-order valence-corrected chi connectivity index (χ1v) is 9.65. The molecule has 1 fully saturated rings. The topological polar surface area (TPSA) is 44.1 Å². The number of carbonyl (C=O) groups is 1. The Labute approximate surface area is 161 Å². The molecule has 0 N–H and O–H groups in total. The van der Waals surface area contributed by atoms with Crippen molar-refractivity contribution >= 4 is 5.97 Å². The number of rotatable bonds is 4. The molecular weight excluding hydrogens is 336 g/mol. The van der Waals surface area contributed by atoms with Crippen LogP contribution in [0.15, 0.2) is 42.7 Å². The minimum atomic E-state index is -0.440. The molecule has 1 aromatic carbocycles. The Balaban J connectivity index is 1.71. The highest BCUT2D eigenvalue weighted by atomic mass is 16.6. The summed E-state index contributed by atoms with van der Waals surface area (Å²) in [4.78, 5) is 12.5. The van der Waals surface area contributed by atoms with Crippen LogP contribution in [0.2, 0.25) is 0 Å². The third-order valence-corrected chi connectivity index (χ3v) is 4.99. The van der Waals surface area contributed by atoms with Gasteiger partial charge in [-0.15, -0.1) is 0 Å². The molecule has 1 aliphatic carbocycles. The normalized spacial score (nSPS) is 15.8. The second-order valence-corrected chi connectivity index (χ2v) is 8.33.